The van der Waals surface area contributed by atoms with Crippen LogP contribution >= 0.6 is 0 Å². The van der Waals surface area contributed by atoms with Gasteiger partial charge in [0.15, 0.2) is 0 Å². The lowest BCUT2D eigenvalue weighted by atomic mass is 9.97. The monoisotopic (exact) mass is 290 g/mol. The van der Waals surface area contributed by atoms with Gasteiger partial charge < -0.3 is 15.0 Å². The number of carbonyl (C=O) groups excluding carboxylic acids is 1. The SMILES string of the molecule is CC(C)OC(=O)c1ccc(NCC2CCN(C)CC2)cc1. The van der Waals surface area contributed by atoms with E-state index in [1.807, 2.05) is 38.1 Å². The first-order valence-corrected chi connectivity index (χ1v) is 7.78. The van der Waals surface area contributed by atoms with E-state index < -0.39 is 0 Å². The molecule has 21 heavy (non-hydrogen) atoms. The number of ether oxygens (including phenoxy) is 1. The molecule has 0 saturated carbocycles. The topological polar surface area (TPSA) is 41.6 Å². The summed E-state index contributed by atoms with van der Waals surface area (Å²) in [4.78, 5) is 14.1. The zero-order valence-corrected chi connectivity index (χ0v) is 13.3. The Morgan fingerprint density at radius 2 is 1.90 bits per heavy atom. The molecule has 116 valence electrons. The van der Waals surface area contributed by atoms with Crippen LogP contribution in [0.5, 0.6) is 0 Å². The number of likely N-dealkylation sites (tertiary alicyclic amines) is 1. The molecule has 4 nitrogen and oxygen atoms in total. The first kappa shape index (κ1) is 15.8. The fourth-order valence-corrected chi connectivity index (χ4v) is 2.53. The van der Waals surface area contributed by atoms with Crippen LogP contribution in [0.4, 0.5) is 5.69 Å². The molecule has 4 heteroatoms. The minimum atomic E-state index is -0.258. The summed E-state index contributed by atoms with van der Waals surface area (Å²) < 4.78 is 5.18. The van der Waals surface area contributed by atoms with Crippen molar-refractivity contribution in [2.24, 2.45) is 5.92 Å². The van der Waals surface area contributed by atoms with E-state index in [1.165, 1.54) is 25.9 Å². The number of nitrogens with one attached hydrogen (secondary N) is 1. The molecule has 0 aliphatic carbocycles. The molecule has 1 aliphatic rings. The van der Waals surface area contributed by atoms with Gasteiger partial charge in [-0.3, -0.25) is 0 Å². The zero-order valence-electron chi connectivity index (χ0n) is 13.3. The van der Waals surface area contributed by atoms with Crippen molar-refractivity contribution in [1.29, 1.82) is 0 Å². The molecular weight excluding hydrogens is 264 g/mol. The maximum atomic E-state index is 11.8. The minimum Gasteiger partial charge on any atom is -0.459 e. The Morgan fingerprint density at radius 1 is 1.29 bits per heavy atom. The van der Waals surface area contributed by atoms with Crippen LogP contribution < -0.4 is 5.32 Å². The summed E-state index contributed by atoms with van der Waals surface area (Å²) in [5, 5.41) is 3.47. The smallest absolute Gasteiger partial charge is 0.338 e. The third kappa shape index (κ3) is 5.05. The van der Waals surface area contributed by atoms with E-state index in [9.17, 15) is 4.79 Å². The first-order chi connectivity index (χ1) is 10.0. The van der Waals surface area contributed by atoms with Crippen LogP contribution in [0, 0.1) is 5.92 Å². The maximum Gasteiger partial charge on any atom is 0.338 e. The molecule has 1 saturated heterocycles. The predicted octanol–water partition coefficient (Wildman–Crippen LogP) is 3.01. The number of piperidine rings is 1. The van der Waals surface area contributed by atoms with E-state index in [-0.39, 0.29) is 12.1 Å². The summed E-state index contributed by atoms with van der Waals surface area (Å²) >= 11 is 0. The zero-order chi connectivity index (χ0) is 15.2. The van der Waals surface area contributed by atoms with Crippen molar-refractivity contribution < 1.29 is 9.53 Å². The normalized spacial score (nSPS) is 17.0. The summed E-state index contributed by atoms with van der Waals surface area (Å²) in [5.41, 5.74) is 1.67. The van der Waals surface area contributed by atoms with Crippen molar-refractivity contribution in [3.05, 3.63) is 29.8 Å². The van der Waals surface area contributed by atoms with E-state index in [1.54, 1.807) is 0 Å². The average Bonchev–Trinajstić information content (AvgIpc) is 2.46. The molecule has 0 amide bonds. The molecule has 2 rings (SSSR count). The van der Waals surface area contributed by atoms with Gasteiger partial charge in [-0.2, -0.15) is 0 Å². The highest BCUT2D eigenvalue weighted by atomic mass is 16.5. The van der Waals surface area contributed by atoms with Crippen LogP contribution in [0.1, 0.15) is 37.0 Å². The van der Waals surface area contributed by atoms with Gasteiger partial charge in [-0.05, 0) is 77.0 Å². The number of anilines is 1. The maximum absolute atomic E-state index is 11.8. The Kier molecular flexibility index (Phi) is 5.62. The van der Waals surface area contributed by atoms with Gasteiger partial charge >= 0.3 is 5.97 Å². The summed E-state index contributed by atoms with van der Waals surface area (Å²) in [6.07, 6.45) is 2.42. The molecule has 0 unspecified atom stereocenters. The average molecular weight is 290 g/mol. The van der Waals surface area contributed by atoms with Gasteiger partial charge in [0, 0.05) is 12.2 Å². The molecule has 1 aromatic carbocycles. The summed E-state index contributed by atoms with van der Waals surface area (Å²) in [6.45, 7) is 7.09. The van der Waals surface area contributed by atoms with Crippen LogP contribution in [-0.2, 0) is 4.74 Å². The molecular formula is C17H26N2O2. The molecule has 0 radical (unpaired) electrons. The molecule has 1 aliphatic heterocycles. The molecule has 0 spiro atoms. The van der Waals surface area contributed by atoms with Gasteiger partial charge in [-0.1, -0.05) is 0 Å². The molecule has 0 atom stereocenters. The second-order valence-corrected chi connectivity index (χ2v) is 6.16. The number of benzene rings is 1. The van der Waals surface area contributed by atoms with Gasteiger partial charge in [0.2, 0.25) is 0 Å². The van der Waals surface area contributed by atoms with Crippen molar-refractivity contribution in [3.8, 4) is 0 Å². The third-order valence-corrected chi connectivity index (χ3v) is 3.90. The molecule has 0 bridgehead atoms. The number of rotatable bonds is 5. The van der Waals surface area contributed by atoms with Crippen molar-refractivity contribution in [3.63, 3.8) is 0 Å². The highest BCUT2D eigenvalue weighted by molar-refractivity contribution is 5.89. The van der Waals surface area contributed by atoms with Crippen LogP contribution in [0.25, 0.3) is 0 Å². The Morgan fingerprint density at radius 3 is 2.48 bits per heavy atom. The quantitative estimate of drug-likeness (QED) is 0.846. The van der Waals surface area contributed by atoms with Gasteiger partial charge in [-0.15, -0.1) is 0 Å². The van der Waals surface area contributed by atoms with Crippen LogP contribution in [0.2, 0.25) is 0 Å². The lowest BCUT2D eigenvalue weighted by molar-refractivity contribution is 0.0378. The summed E-state index contributed by atoms with van der Waals surface area (Å²) in [5.74, 6) is 0.485. The van der Waals surface area contributed by atoms with E-state index in [2.05, 4.69) is 17.3 Å². The van der Waals surface area contributed by atoms with Gasteiger partial charge in [0.05, 0.1) is 11.7 Å². The van der Waals surface area contributed by atoms with Crippen molar-refractivity contribution >= 4 is 11.7 Å². The van der Waals surface area contributed by atoms with Crippen molar-refractivity contribution in [1.82, 2.24) is 4.90 Å². The highest BCUT2D eigenvalue weighted by Gasteiger charge is 2.16. The van der Waals surface area contributed by atoms with E-state index in [0.29, 0.717) is 5.56 Å². The number of esters is 1. The predicted molar refractivity (Wildman–Crippen MR) is 85.7 cm³/mol. The fourth-order valence-electron chi connectivity index (χ4n) is 2.53. The standard InChI is InChI=1S/C17H26N2O2/c1-13(2)21-17(20)15-4-6-16(7-5-15)18-12-14-8-10-19(3)11-9-14/h4-7,13-14,18H,8-12H2,1-3H3. The Hall–Kier alpha value is -1.55. The number of hydrogen-bond acceptors (Lipinski definition) is 4. The molecule has 1 N–H and O–H groups in total. The van der Waals surface area contributed by atoms with Crippen LogP contribution in [-0.4, -0.2) is 43.7 Å². The number of carbonyl (C=O) groups is 1. The van der Waals surface area contributed by atoms with E-state index >= 15 is 0 Å². The second kappa shape index (κ2) is 7.46. The molecule has 1 fully saturated rings. The van der Waals surface area contributed by atoms with Crippen molar-refractivity contribution in [2.75, 3.05) is 32.0 Å². The highest BCUT2D eigenvalue weighted by Crippen LogP contribution is 2.18. The molecule has 1 heterocycles. The second-order valence-electron chi connectivity index (χ2n) is 6.16. The Balaban J connectivity index is 1.81. The van der Waals surface area contributed by atoms with Crippen LogP contribution in [0.15, 0.2) is 24.3 Å². The van der Waals surface area contributed by atoms with Gasteiger partial charge in [0.1, 0.15) is 0 Å². The lowest BCUT2D eigenvalue weighted by Crippen LogP contribution is -2.32. The lowest BCUT2D eigenvalue weighted by Gasteiger charge is -2.29. The molecule has 1 aromatic rings. The Labute approximate surface area is 127 Å². The third-order valence-electron chi connectivity index (χ3n) is 3.90. The first-order valence-electron chi connectivity index (χ1n) is 7.78. The van der Waals surface area contributed by atoms with Crippen LogP contribution in [0.3, 0.4) is 0 Å². The largest absolute Gasteiger partial charge is 0.459 e. The van der Waals surface area contributed by atoms with Crippen molar-refractivity contribution in [2.45, 2.75) is 32.8 Å². The van der Waals surface area contributed by atoms with E-state index in [4.69, 9.17) is 4.74 Å². The van der Waals surface area contributed by atoms with E-state index in [0.717, 1.165) is 18.2 Å². The minimum absolute atomic E-state index is 0.0836. The van der Waals surface area contributed by atoms with Gasteiger partial charge in [0.25, 0.3) is 0 Å². The van der Waals surface area contributed by atoms with Gasteiger partial charge in [-0.25, -0.2) is 4.79 Å². The number of hydrogen-bond donors (Lipinski definition) is 1. The fraction of sp³-hybridized carbons (Fsp3) is 0.588. The number of nitrogens with zero attached hydrogens (tertiary/aromatic N) is 1. The summed E-state index contributed by atoms with van der Waals surface area (Å²) in [7, 11) is 2.18. The Bertz CT molecular complexity index is 448. The summed E-state index contributed by atoms with van der Waals surface area (Å²) in [6, 6.07) is 7.54. The molecule has 0 aromatic heterocycles.